The molecule has 1 aromatic heterocycles. The number of nitrogens with zero attached hydrogens (tertiary/aromatic N) is 4. The summed E-state index contributed by atoms with van der Waals surface area (Å²) >= 11 is 12.1. The fourth-order valence-electron chi connectivity index (χ4n) is 3.16. The highest BCUT2D eigenvalue weighted by Gasteiger charge is 2.31. The summed E-state index contributed by atoms with van der Waals surface area (Å²) in [4.78, 5) is 20.9. The molecule has 1 atom stereocenters. The molecule has 1 aliphatic carbocycles. The molecule has 0 bridgehead atoms. The largest absolute Gasteiger partial charge is 0.352 e. The van der Waals surface area contributed by atoms with Crippen LogP contribution in [-0.2, 0) is 4.79 Å². The lowest BCUT2D eigenvalue weighted by Crippen LogP contribution is -2.54. The molecule has 0 spiro atoms. The molecule has 2 heterocycles. The Hall–Kier alpha value is -1.83. The molecule has 0 radical (unpaired) electrons. The van der Waals surface area contributed by atoms with Gasteiger partial charge in [0, 0.05) is 47.8 Å². The molecule has 1 unspecified atom stereocenters. The molecule has 2 aromatic rings. The number of piperazine rings is 1. The predicted molar refractivity (Wildman–Crippen MR) is 104 cm³/mol. The summed E-state index contributed by atoms with van der Waals surface area (Å²) in [6.45, 7) is 4.93. The molecule has 9 heteroatoms. The van der Waals surface area contributed by atoms with Crippen LogP contribution < -0.4 is 10.2 Å². The van der Waals surface area contributed by atoms with Gasteiger partial charge in [-0.3, -0.25) is 9.69 Å². The number of rotatable bonds is 5. The summed E-state index contributed by atoms with van der Waals surface area (Å²) in [5.74, 6) is 0.567. The smallest absolute Gasteiger partial charge is 0.324 e. The lowest BCUT2D eigenvalue weighted by atomic mass is 10.2. The molecular formula is C18H21Cl2N5O2. The van der Waals surface area contributed by atoms with Gasteiger partial charge >= 0.3 is 6.01 Å². The lowest BCUT2D eigenvalue weighted by molar-refractivity contribution is -0.126. The molecule has 144 valence electrons. The Labute approximate surface area is 167 Å². The number of carbonyl (C=O) groups is 1. The first-order chi connectivity index (χ1) is 13.0. The molecule has 1 N–H and O–H groups in total. The molecule has 1 saturated heterocycles. The van der Waals surface area contributed by atoms with Crippen LogP contribution in [0, 0.1) is 0 Å². The second-order valence-electron chi connectivity index (χ2n) is 7.04. The number of amides is 1. The topological polar surface area (TPSA) is 74.5 Å². The van der Waals surface area contributed by atoms with Crippen LogP contribution >= 0.6 is 23.2 Å². The monoisotopic (exact) mass is 409 g/mol. The SMILES string of the molecule is CC(C(=O)NC1CC1)N1CCN(c2nc(-c3cc(Cl)cc(Cl)c3)no2)CC1. The van der Waals surface area contributed by atoms with Gasteiger partial charge in [0.1, 0.15) is 0 Å². The minimum Gasteiger partial charge on any atom is -0.352 e. The van der Waals surface area contributed by atoms with Crippen LogP contribution in [0.25, 0.3) is 11.4 Å². The van der Waals surface area contributed by atoms with E-state index in [0.29, 0.717) is 33.5 Å². The number of hydrogen-bond donors (Lipinski definition) is 1. The van der Waals surface area contributed by atoms with Crippen LogP contribution in [-0.4, -0.2) is 59.2 Å². The summed E-state index contributed by atoms with van der Waals surface area (Å²) < 4.78 is 5.42. The Kier molecular flexibility index (Phi) is 5.25. The third-order valence-electron chi connectivity index (χ3n) is 4.97. The Morgan fingerprint density at radius 3 is 2.48 bits per heavy atom. The van der Waals surface area contributed by atoms with E-state index in [1.807, 2.05) is 11.8 Å². The Bertz CT molecular complexity index is 811. The Morgan fingerprint density at radius 2 is 1.85 bits per heavy atom. The number of aromatic nitrogens is 2. The molecule has 2 fully saturated rings. The number of carbonyl (C=O) groups excluding carboxylic acids is 1. The van der Waals surface area contributed by atoms with Crippen molar-refractivity contribution >= 4 is 35.1 Å². The van der Waals surface area contributed by atoms with Crippen molar-refractivity contribution in [1.29, 1.82) is 0 Å². The number of hydrogen-bond acceptors (Lipinski definition) is 6. The molecule has 1 amide bonds. The zero-order chi connectivity index (χ0) is 19.0. The van der Waals surface area contributed by atoms with E-state index in [4.69, 9.17) is 27.7 Å². The molecule has 4 rings (SSSR count). The second kappa shape index (κ2) is 7.66. The van der Waals surface area contributed by atoms with Crippen molar-refractivity contribution in [3.8, 4) is 11.4 Å². The van der Waals surface area contributed by atoms with E-state index < -0.39 is 0 Å². The van der Waals surface area contributed by atoms with E-state index in [0.717, 1.165) is 39.0 Å². The van der Waals surface area contributed by atoms with Crippen molar-refractivity contribution in [3.05, 3.63) is 28.2 Å². The molecule has 1 aromatic carbocycles. The molecule has 1 saturated carbocycles. The highest BCUT2D eigenvalue weighted by Crippen LogP contribution is 2.27. The second-order valence-corrected chi connectivity index (χ2v) is 7.91. The maximum atomic E-state index is 12.2. The minimum atomic E-state index is -0.125. The van der Waals surface area contributed by atoms with Crippen molar-refractivity contribution in [2.45, 2.75) is 31.8 Å². The van der Waals surface area contributed by atoms with Gasteiger partial charge in [0.05, 0.1) is 6.04 Å². The summed E-state index contributed by atoms with van der Waals surface area (Å²) in [5.41, 5.74) is 0.714. The fourth-order valence-corrected chi connectivity index (χ4v) is 3.69. The molecular weight excluding hydrogens is 389 g/mol. The Morgan fingerprint density at radius 1 is 1.19 bits per heavy atom. The van der Waals surface area contributed by atoms with Crippen LogP contribution in [0.4, 0.5) is 6.01 Å². The molecule has 7 nitrogen and oxygen atoms in total. The van der Waals surface area contributed by atoms with Gasteiger partial charge in [0.15, 0.2) is 0 Å². The molecule has 1 aliphatic heterocycles. The van der Waals surface area contributed by atoms with Gasteiger partial charge in [-0.25, -0.2) is 0 Å². The van der Waals surface area contributed by atoms with E-state index in [1.54, 1.807) is 18.2 Å². The number of halogens is 2. The first-order valence-electron chi connectivity index (χ1n) is 9.09. The van der Waals surface area contributed by atoms with E-state index in [1.165, 1.54) is 0 Å². The van der Waals surface area contributed by atoms with Crippen LogP contribution in [0.5, 0.6) is 0 Å². The molecule has 2 aliphatic rings. The zero-order valence-electron chi connectivity index (χ0n) is 15.0. The summed E-state index contributed by atoms with van der Waals surface area (Å²) in [5, 5.41) is 8.16. The summed E-state index contributed by atoms with van der Waals surface area (Å²) in [6, 6.07) is 5.89. The van der Waals surface area contributed by atoms with Crippen LogP contribution in [0.1, 0.15) is 19.8 Å². The van der Waals surface area contributed by atoms with Gasteiger partial charge in [-0.05, 0) is 38.0 Å². The highest BCUT2D eigenvalue weighted by atomic mass is 35.5. The number of benzene rings is 1. The first kappa shape index (κ1) is 18.5. The molecule has 27 heavy (non-hydrogen) atoms. The van der Waals surface area contributed by atoms with E-state index in [-0.39, 0.29) is 11.9 Å². The van der Waals surface area contributed by atoms with E-state index in [9.17, 15) is 4.79 Å². The maximum Gasteiger partial charge on any atom is 0.324 e. The number of nitrogens with one attached hydrogen (secondary N) is 1. The maximum absolute atomic E-state index is 12.2. The van der Waals surface area contributed by atoms with E-state index >= 15 is 0 Å². The van der Waals surface area contributed by atoms with Crippen LogP contribution in [0.2, 0.25) is 10.0 Å². The van der Waals surface area contributed by atoms with Crippen LogP contribution in [0.15, 0.2) is 22.7 Å². The third kappa shape index (κ3) is 4.36. The first-order valence-corrected chi connectivity index (χ1v) is 9.85. The van der Waals surface area contributed by atoms with Crippen molar-refractivity contribution in [1.82, 2.24) is 20.4 Å². The lowest BCUT2D eigenvalue weighted by Gasteiger charge is -2.36. The third-order valence-corrected chi connectivity index (χ3v) is 5.41. The van der Waals surface area contributed by atoms with Crippen LogP contribution in [0.3, 0.4) is 0 Å². The van der Waals surface area contributed by atoms with Gasteiger partial charge in [-0.2, -0.15) is 4.98 Å². The normalized spacial score (nSPS) is 19.1. The van der Waals surface area contributed by atoms with Crippen molar-refractivity contribution in [2.24, 2.45) is 0 Å². The average Bonchev–Trinajstić information content (AvgIpc) is 3.32. The predicted octanol–water partition coefficient (Wildman–Crippen LogP) is 2.83. The van der Waals surface area contributed by atoms with E-state index in [2.05, 4.69) is 20.4 Å². The van der Waals surface area contributed by atoms with Gasteiger partial charge in [-0.1, -0.05) is 28.4 Å². The standard InChI is InChI=1S/C18H21Cl2N5O2/c1-11(17(26)21-15-2-3-15)24-4-6-25(7-5-24)18-22-16(23-27-18)12-8-13(19)10-14(20)9-12/h8-11,15H,2-7H2,1H3,(H,21,26). The van der Waals surface area contributed by atoms with Crippen molar-refractivity contribution in [2.75, 3.05) is 31.1 Å². The van der Waals surface area contributed by atoms with Gasteiger partial charge in [0.25, 0.3) is 0 Å². The number of anilines is 1. The van der Waals surface area contributed by atoms with Gasteiger partial charge in [-0.15, -0.1) is 0 Å². The van der Waals surface area contributed by atoms with Crippen molar-refractivity contribution < 1.29 is 9.32 Å². The summed E-state index contributed by atoms with van der Waals surface area (Å²) in [6.07, 6.45) is 2.20. The highest BCUT2D eigenvalue weighted by molar-refractivity contribution is 6.35. The minimum absolute atomic E-state index is 0.115. The van der Waals surface area contributed by atoms with Gasteiger partial charge in [0.2, 0.25) is 11.7 Å². The zero-order valence-corrected chi connectivity index (χ0v) is 16.5. The van der Waals surface area contributed by atoms with Crippen molar-refractivity contribution in [3.63, 3.8) is 0 Å². The van der Waals surface area contributed by atoms with Gasteiger partial charge < -0.3 is 14.7 Å². The quantitative estimate of drug-likeness (QED) is 0.817. The Balaban J connectivity index is 1.37. The average molecular weight is 410 g/mol. The summed E-state index contributed by atoms with van der Waals surface area (Å²) in [7, 11) is 0. The fraction of sp³-hybridized carbons (Fsp3) is 0.500.